The number of hydrogen-bond acceptors (Lipinski definition) is 5. The second kappa shape index (κ2) is 5.84. The molecule has 2 rings (SSSR count). The van der Waals surface area contributed by atoms with Crippen LogP contribution in [-0.4, -0.2) is 47.3 Å². The van der Waals surface area contributed by atoms with Gasteiger partial charge in [-0.2, -0.15) is 5.10 Å². The Kier molecular flexibility index (Phi) is 4.37. The van der Waals surface area contributed by atoms with E-state index in [0.717, 1.165) is 37.6 Å². The van der Waals surface area contributed by atoms with Gasteiger partial charge in [0, 0.05) is 24.5 Å². The molecule has 0 bridgehead atoms. The van der Waals surface area contributed by atoms with Crippen LogP contribution in [0, 0.1) is 0 Å². The van der Waals surface area contributed by atoms with Crippen LogP contribution in [0.3, 0.4) is 0 Å². The van der Waals surface area contributed by atoms with Gasteiger partial charge >= 0.3 is 0 Å². The van der Waals surface area contributed by atoms with Crippen molar-refractivity contribution in [1.29, 1.82) is 0 Å². The summed E-state index contributed by atoms with van der Waals surface area (Å²) in [6.07, 6.45) is 2.09. The van der Waals surface area contributed by atoms with Gasteiger partial charge in [0.25, 0.3) is 0 Å². The summed E-state index contributed by atoms with van der Waals surface area (Å²) in [6, 6.07) is 4.11. The first-order valence-corrected chi connectivity index (χ1v) is 6.99. The third-order valence-electron chi connectivity index (χ3n) is 3.57. The lowest BCUT2D eigenvalue weighted by Crippen LogP contribution is -2.34. The minimum Gasteiger partial charge on any atom is -0.369 e. The minimum atomic E-state index is -0.144. The van der Waals surface area contributed by atoms with Crippen molar-refractivity contribution in [2.75, 3.05) is 32.0 Å². The van der Waals surface area contributed by atoms with Gasteiger partial charge in [-0.25, -0.2) is 0 Å². The molecule has 2 heterocycles. The molecule has 1 aromatic rings. The van der Waals surface area contributed by atoms with E-state index in [4.69, 9.17) is 5.73 Å². The molecule has 0 saturated carbocycles. The van der Waals surface area contributed by atoms with Crippen molar-refractivity contribution in [3.05, 3.63) is 17.8 Å². The first kappa shape index (κ1) is 14.2. The molecule has 5 nitrogen and oxygen atoms in total. The molecule has 1 saturated heterocycles. The van der Waals surface area contributed by atoms with E-state index < -0.39 is 0 Å². The third kappa shape index (κ3) is 4.44. The summed E-state index contributed by atoms with van der Waals surface area (Å²) >= 11 is 0. The number of rotatable bonds is 5. The van der Waals surface area contributed by atoms with Crippen molar-refractivity contribution < 1.29 is 0 Å². The van der Waals surface area contributed by atoms with Crippen LogP contribution in [0.1, 0.15) is 38.3 Å². The third-order valence-corrected chi connectivity index (χ3v) is 3.57. The van der Waals surface area contributed by atoms with Gasteiger partial charge < -0.3 is 16.0 Å². The Morgan fingerprint density at radius 3 is 2.74 bits per heavy atom. The highest BCUT2D eigenvalue weighted by atomic mass is 15.2. The predicted octanol–water partition coefficient (Wildman–Crippen LogP) is 1.43. The van der Waals surface area contributed by atoms with Crippen LogP contribution in [0.4, 0.5) is 5.82 Å². The van der Waals surface area contributed by atoms with Gasteiger partial charge in [0.15, 0.2) is 0 Å². The molecule has 19 heavy (non-hydrogen) atoms. The second-order valence-electron chi connectivity index (χ2n) is 6.26. The van der Waals surface area contributed by atoms with E-state index in [2.05, 4.69) is 33.5 Å². The average molecular weight is 263 g/mol. The number of hydrogen-bond donors (Lipinski definition) is 2. The van der Waals surface area contributed by atoms with Crippen LogP contribution in [0.15, 0.2) is 12.1 Å². The maximum atomic E-state index is 5.94. The largest absolute Gasteiger partial charge is 0.369 e. The standard InChI is InChI=1S/C14H25N5/c1-14(2,15)7-8-16-13-5-4-12(17-18-13)11-6-9-19(3)10-11/h4-5,11H,6-10,15H2,1-3H3,(H,16,18). The van der Waals surface area contributed by atoms with Gasteiger partial charge in [-0.05, 0) is 52.4 Å². The Morgan fingerprint density at radius 1 is 1.42 bits per heavy atom. The smallest absolute Gasteiger partial charge is 0.148 e. The van der Waals surface area contributed by atoms with E-state index in [-0.39, 0.29) is 5.54 Å². The highest BCUT2D eigenvalue weighted by Gasteiger charge is 2.22. The van der Waals surface area contributed by atoms with Gasteiger partial charge in [-0.15, -0.1) is 5.10 Å². The van der Waals surface area contributed by atoms with Crippen molar-refractivity contribution in [1.82, 2.24) is 15.1 Å². The number of nitrogens with one attached hydrogen (secondary N) is 1. The van der Waals surface area contributed by atoms with E-state index in [1.54, 1.807) is 0 Å². The number of nitrogens with zero attached hydrogens (tertiary/aromatic N) is 3. The van der Waals surface area contributed by atoms with Gasteiger partial charge in [0.2, 0.25) is 0 Å². The molecular formula is C14H25N5. The van der Waals surface area contributed by atoms with Gasteiger partial charge in [0.1, 0.15) is 5.82 Å². The van der Waals surface area contributed by atoms with Crippen LogP contribution in [0.25, 0.3) is 0 Å². The predicted molar refractivity (Wildman–Crippen MR) is 78.3 cm³/mol. The molecule has 0 aliphatic carbocycles. The zero-order valence-electron chi connectivity index (χ0n) is 12.2. The van der Waals surface area contributed by atoms with Crippen LogP contribution < -0.4 is 11.1 Å². The van der Waals surface area contributed by atoms with E-state index in [9.17, 15) is 0 Å². The molecule has 1 unspecified atom stereocenters. The fourth-order valence-electron chi connectivity index (χ4n) is 2.34. The maximum Gasteiger partial charge on any atom is 0.148 e. The summed E-state index contributed by atoms with van der Waals surface area (Å²) in [6.45, 7) is 7.12. The topological polar surface area (TPSA) is 67.1 Å². The number of anilines is 1. The number of aromatic nitrogens is 2. The molecule has 106 valence electrons. The summed E-state index contributed by atoms with van der Waals surface area (Å²) in [5.74, 6) is 1.37. The first-order valence-electron chi connectivity index (χ1n) is 6.99. The lowest BCUT2D eigenvalue weighted by Gasteiger charge is -2.18. The van der Waals surface area contributed by atoms with E-state index in [1.165, 1.54) is 6.42 Å². The lowest BCUT2D eigenvalue weighted by atomic mass is 10.0. The zero-order chi connectivity index (χ0) is 13.9. The molecule has 0 aromatic carbocycles. The molecule has 1 aliphatic heterocycles. The number of likely N-dealkylation sites (tertiary alicyclic amines) is 1. The summed E-state index contributed by atoms with van der Waals surface area (Å²) in [5, 5.41) is 11.9. The Morgan fingerprint density at radius 2 is 2.21 bits per heavy atom. The van der Waals surface area contributed by atoms with Crippen LogP contribution in [0.2, 0.25) is 0 Å². The molecule has 1 atom stereocenters. The quantitative estimate of drug-likeness (QED) is 0.841. The highest BCUT2D eigenvalue weighted by Crippen LogP contribution is 2.24. The van der Waals surface area contributed by atoms with Crippen molar-refractivity contribution in [2.45, 2.75) is 38.1 Å². The summed E-state index contributed by atoms with van der Waals surface area (Å²) in [7, 11) is 2.15. The SMILES string of the molecule is CN1CCC(c2ccc(NCCC(C)(C)N)nn2)C1. The van der Waals surface area contributed by atoms with Crippen molar-refractivity contribution in [3.63, 3.8) is 0 Å². The molecule has 1 fully saturated rings. The molecule has 0 radical (unpaired) electrons. The number of likely N-dealkylation sites (N-methyl/N-ethyl adjacent to an activating group) is 1. The number of nitrogens with two attached hydrogens (primary N) is 1. The Balaban J connectivity index is 1.85. The fourth-order valence-corrected chi connectivity index (χ4v) is 2.34. The Bertz CT molecular complexity index is 395. The molecule has 5 heteroatoms. The fraction of sp³-hybridized carbons (Fsp3) is 0.714. The van der Waals surface area contributed by atoms with Gasteiger partial charge in [-0.3, -0.25) is 0 Å². The highest BCUT2D eigenvalue weighted by molar-refractivity contribution is 5.33. The lowest BCUT2D eigenvalue weighted by molar-refractivity contribution is 0.410. The molecule has 0 amide bonds. The van der Waals surface area contributed by atoms with Crippen LogP contribution in [0.5, 0.6) is 0 Å². The van der Waals surface area contributed by atoms with Crippen molar-refractivity contribution in [2.24, 2.45) is 5.73 Å². The zero-order valence-corrected chi connectivity index (χ0v) is 12.2. The van der Waals surface area contributed by atoms with Crippen LogP contribution >= 0.6 is 0 Å². The molecule has 1 aromatic heterocycles. The second-order valence-corrected chi connectivity index (χ2v) is 6.26. The van der Waals surface area contributed by atoms with E-state index in [1.807, 2.05) is 19.9 Å². The van der Waals surface area contributed by atoms with E-state index >= 15 is 0 Å². The maximum absolute atomic E-state index is 5.94. The Hall–Kier alpha value is -1.20. The minimum absolute atomic E-state index is 0.144. The molecule has 3 N–H and O–H groups in total. The monoisotopic (exact) mass is 263 g/mol. The summed E-state index contributed by atoms with van der Waals surface area (Å²) < 4.78 is 0. The average Bonchev–Trinajstić information content (AvgIpc) is 2.75. The van der Waals surface area contributed by atoms with Crippen LogP contribution in [-0.2, 0) is 0 Å². The van der Waals surface area contributed by atoms with Gasteiger partial charge in [-0.1, -0.05) is 0 Å². The van der Waals surface area contributed by atoms with Crippen molar-refractivity contribution in [3.8, 4) is 0 Å². The molecule has 0 spiro atoms. The Labute approximate surface area is 115 Å². The van der Waals surface area contributed by atoms with Gasteiger partial charge in [0.05, 0.1) is 5.69 Å². The first-order chi connectivity index (χ1) is 8.94. The van der Waals surface area contributed by atoms with Crippen molar-refractivity contribution >= 4 is 5.82 Å². The summed E-state index contributed by atoms with van der Waals surface area (Å²) in [4.78, 5) is 2.34. The molecular weight excluding hydrogens is 238 g/mol. The normalized spacial score (nSPS) is 20.7. The van der Waals surface area contributed by atoms with E-state index in [0.29, 0.717) is 5.92 Å². The summed E-state index contributed by atoms with van der Waals surface area (Å²) in [5.41, 5.74) is 6.90. The molecule has 1 aliphatic rings.